The van der Waals surface area contributed by atoms with Gasteiger partial charge in [-0.3, -0.25) is 9.59 Å². The van der Waals surface area contributed by atoms with Crippen LogP contribution in [0.2, 0.25) is 0 Å². The number of aromatic carboxylic acids is 1. The van der Waals surface area contributed by atoms with E-state index in [0.717, 1.165) is 0 Å². The molecule has 0 radical (unpaired) electrons. The van der Waals surface area contributed by atoms with Gasteiger partial charge in [0.05, 0.1) is 5.56 Å². The fourth-order valence-electron chi connectivity index (χ4n) is 2.19. The molecule has 0 aliphatic heterocycles. The molecule has 2 atom stereocenters. The van der Waals surface area contributed by atoms with Crippen molar-refractivity contribution in [3.63, 3.8) is 0 Å². The molecule has 144 valence electrons. The second-order valence-corrected chi connectivity index (χ2v) is 8.00. The lowest BCUT2D eigenvalue weighted by atomic mass is 9.90. The molecule has 0 saturated carbocycles. The summed E-state index contributed by atoms with van der Waals surface area (Å²) in [5, 5.41) is 9.01. The molecule has 2 unspecified atom stereocenters. The minimum Gasteiger partial charge on any atom is -0.478 e. The van der Waals surface area contributed by atoms with Gasteiger partial charge in [0, 0.05) is 0 Å². The Kier molecular flexibility index (Phi) is 6.54. The van der Waals surface area contributed by atoms with Crippen molar-refractivity contribution in [3.8, 4) is 0 Å². The van der Waals surface area contributed by atoms with Gasteiger partial charge in [-0.2, -0.15) is 0 Å². The highest BCUT2D eigenvalue weighted by molar-refractivity contribution is 5.90. The van der Waals surface area contributed by atoms with Crippen molar-refractivity contribution >= 4 is 17.9 Å². The van der Waals surface area contributed by atoms with Crippen LogP contribution in [-0.2, 0) is 19.1 Å². The summed E-state index contributed by atoms with van der Waals surface area (Å²) in [6, 6.07) is 4.29. The number of benzene rings is 1. The molecule has 0 heterocycles. The van der Waals surface area contributed by atoms with Crippen molar-refractivity contribution in [1.82, 2.24) is 0 Å². The van der Waals surface area contributed by atoms with Gasteiger partial charge in [0.1, 0.15) is 23.2 Å². The number of carboxylic acids is 1. The maximum Gasteiger partial charge on any atom is 0.335 e. The van der Waals surface area contributed by atoms with Crippen molar-refractivity contribution in [1.29, 1.82) is 0 Å². The molecule has 1 aromatic carbocycles. The zero-order valence-electron chi connectivity index (χ0n) is 16.0. The van der Waals surface area contributed by atoms with Gasteiger partial charge >= 0.3 is 17.9 Å². The lowest BCUT2D eigenvalue weighted by Gasteiger charge is -2.28. The smallest absolute Gasteiger partial charge is 0.335 e. The average molecular weight is 365 g/mol. The Morgan fingerprint density at radius 1 is 0.885 bits per heavy atom. The highest BCUT2D eigenvalue weighted by atomic mass is 16.6. The first-order valence-electron chi connectivity index (χ1n) is 8.26. The first kappa shape index (κ1) is 21.6. The summed E-state index contributed by atoms with van der Waals surface area (Å²) >= 11 is 0. The van der Waals surface area contributed by atoms with E-state index in [0.29, 0.717) is 5.56 Å². The number of carbonyl (C=O) groups excluding carboxylic acids is 2. The van der Waals surface area contributed by atoms with E-state index < -0.39 is 41.1 Å². The Labute approximate surface area is 153 Å². The second-order valence-electron chi connectivity index (χ2n) is 8.00. The normalized spacial score (nSPS) is 14.3. The molecule has 7 heteroatoms. The van der Waals surface area contributed by atoms with Crippen molar-refractivity contribution in [2.75, 3.05) is 0 Å². The highest BCUT2D eigenvalue weighted by Gasteiger charge is 2.37. The number of esters is 2. The number of nitrogens with two attached hydrogens (primary N) is 1. The van der Waals surface area contributed by atoms with E-state index >= 15 is 0 Å². The van der Waals surface area contributed by atoms with E-state index in [1.165, 1.54) is 24.3 Å². The number of hydrogen-bond acceptors (Lipinski definition) is 6. The number of ether oxygens (including phenoxy) is 2. The summed E-state index contributed by atoms with van der Waals surface area (Å²) in [6.07, 6.45) is 0. The van der Waals surface area contributed by atoms with Crippen LogP contribution in [0.15, 0.2) is 24.3 Å². The molecule has 1 rings (SSSR count). The third-order valence-electron chi connectivity index (χ3n) is 3.22. The number of carbonyl (C=O) groups is 3. The average Bonchev–Trinajstić information content (AvgIpc) is 2.44. The SMILES string of the molecule is CC(C)(C)OC(=O)C(N)C(C(=O)OC(C)(C)C)c1ccc(C(=O)O)cc1. The molecular weight excluding hydrogens is 338 g/mol. The van der Waals surface area contributed by atoms with E-state index in [9.17, 15) is 14.4 Å². The molecule has 26 heavy (non-hydrogen) atoms. The van der Waals surface area contributed by atoms with Gasteiger partial charge < -0.3 is 20.3 Å². The van der Waals surface area contributed by atoms with Crippen molar-refractivity contribution < 1.29 is 29.0 Å². The third kappa shape index (κ3) is 6.48. The summed E-state index contributed by atoms with van der Waals surface area (Å²) in [7, 11) is 0. The molecule has 0 bridgehead atoms. The van der Waals surface area contributed by atoms with Gasteiger partial charge in [-0.25, -0.2) is 4.79 Å². The lowest BCUT2D eigenvalue weighted by molar-refractivity contribution is -0.165. The van der Waals surface area contributed by atoms with Crippen LogP contribution in [0.4, 0.5) is 0 Å². The number of carboxylic acid groups (broad SMARTS) is 1. The quantitative estimate of drug-likeness (QED) is 0.770. The zero-order valence-corrected chi connectivity index (χ0v) is 16.0. The van der Waals surface area contributed by atoms with Gasteiger partial charge in [-0.1, -0.05) is 12.1 Å². The minimum absolute atomic E-state index is 0.0579. The molecule has 7 nitrogen and oxygen atoms in total. The maximum absolute atomic E-state index is 12.7. The summed E-state index contributed by atoms with van der Waals surface area (Å²) in [5.74, 6) is -3.64. The van der Waals surface area contributed by atoms with Crippen LogP contribution in [-0.4, -0.2) is 40.3 Å². The van der Waals surface area contributed by atoms with E-state index in [4.69, 9.17) is 20.3 Å². The molecular formula is C19H27NO6. The number of hydrogen-bond donors (Lipinski definition) is 2. The molecule has 0 aliphatic carbocycles. The van der Waals surface area contributed by atoms with E-state index in [1.807, 2.05) is 0 Å². The minimum atomic E-state index is -1.29. The molecule has 1 aromatic rings. The summed E-state index contributed by atoms with van der Waals surface area (Å²) < 4.78 is 10.7. The monoisotopic (exact) mass is 365 g/mol. The van der Waals surface area contributed by atoms with Gasteiger partial charge in [-0.15, -0.1) is 0 Å². The van der Waals surface area contributed by atoms with Crippen molar-refractivity contribution in [2.24, 2.45) is 5.73 Å². The molecule has 3 N–H and O–H groups in total. The lowest BCUT2D eigenvalue weighted by Crippen LogP contribution is -2.45. The Balaban J connectivity index is 3.22. The third-order valence-corrected chi connectivity index (χ3v) is 3.22. The maximum atomic E-state index is 12.7. The van der Waals surface area contributed by atoms with Crippen LogP contribution in [0.3, 0.4) is 0 Å². The molecule has 0 spiro atoms. The Bertz CT molecular complexity index is 667. The summed E-state index contributed by atoms with van der Waals surface area (Å²) in [6.45, 7) is 10.2. The molecule has 0 aliphatic rings. The van der Waals surface area contributed by atoms with E-state index in [2.05, 4.69) is 0 Å². The second kappa shape index (κ2) is 7.86. The molecule has 0 saturated heterocycles. The van der Waals surface area contributed by atoms with Crippen LogP contribution in [0.25, 0.3) is 0 Å². The van der Waals surface area contributed by atoms with Crippen LogP contribution in [0, 0.1) is 0 Å². The predicted molar refractivity (Wildman–Crippen MR) is 95.8 cm³/mol. The molecule has 0 aromatic heterocycles. The summed E-state index contributed by atoms with van der Waals surface area (Å²) in [5.41, 5.74) is 4.92. The Morgan fingerprint density at radius 3 is 1.69 bits per heavy atom. The number of rotatable bonds is 5. The molecule has 0 amide bonds. The standard InChI is InChI=1S/C19H27NO6/c1-18(2,3)25-16(23)13(14(20)17(24)26-19(4,5)6)11-7-9-12(10-8-11)15(21)22/h7-10,13-14H,20H2,1-6H3,(H,21,22). The summed E-state index contributed by atoms with van der Waals surface area (Å²) in [4.78, 5) is 36.0. The highest BCUT2D eigenvalue weighted by Crippen LogP contribution is 2.25. The first-order chi connectivity index (χ1) is 11.7. The van der Waals surface area contributed by atoms with Gasteiger partial charge in [0.25, 0.3) is 0 Å². The predicted octanol–water partition coefficient (Wildman–Crippen LogP) is 2.48. The Morgan fingerprint density at radius 2 is 1.31 bits per heavy atom. The topological polar surface area (TPSA) is 116 Å². The first-order valence-corrected chi connectivity index (χ1v) is 8.26. The van der Waals surface area contributed by atoms with Crippen molar-refractivity contribution in [2.45, 2.75) is 64.7 Å². The fourth-order valence-corrected chi connectivity index (χ4v) is 2.19. The van der Waals surface area contributed by atoms with E-state index in [1.54, 1.807) is 41.5 Å². The van der Waals surface area contributed by atoms with Gasteiger partial charge in [0.15, 0.2) is 0 Å². The Hall–Kier alpha value is -2.41. The van der Waals surface area contributed by atoms with E-state index in [-0.39, 0.29) is 5.56 Å². The largest absolute Gasteiger partial charge is 0.478 e. The van der Waals surface area contributed by atoms with Gasteiger partial charge in [-0.05, 0) is 59.2 Å². The van der Waals surface area contributed by atoms with Crippen LogP contribution in [0.5, 0.6) is 0 Å². The van der Waals surface area contributed by atoms with Crippen LogP contribution >= 0.6 is 0 Å². The molecule has 0 fully saturated rings. The van der Waals surface area contributed by atoms with Gasteiger partial charge in [0.2, 0.25) is 0 Å². The zero-order chi connectivity index (χ0) is 20.3. The fraction of sp³-hybridized carbons (Fsp3) is 0.526. The van der Waals surface area contributed by atoms with Crippen molar-refractivity contribution in [3.05, 3.63) is 35.4 Å². The van der Waals surface area contributed by atoms with Crippen LogP contribution < -0.4 is 5.73 Å². The van der Waals surface area contributed by atoms with Crippen LogP contribution in [0.1, 0.15) is 63.4 Å².